The summed E-state index contributed by atoms with van der Waals surface area (Å²) >= 11 is 0. The SMILES string of the molecule is C=Cc1c(C)c2cc3nc(c(CC(=O)Nc4ccn(C5OC(CO)C(O)C5(F)F)c(=O)n4)c4[nH]c(cc5nc(cc1[nH]2)C(C)=C5CC)c(C)c4C(=O)Nc1cccc2c(=O)[nH][nH]c(=O)c12)[C@@H](CCC(=O)Nc1ccn(C2OC(CO)C(O)C2(F)F)c(=O)n1)[C@@H]3C. The summed E-state index contributed by atoms with van der Waals surface area (Å²) in [5.74, 6) is -12.9. The number of aromatic amines is 4. The van der Waals surface area contributed by atoms with E-state index in [2.05, 4.69) is 52.7 Å². The number of nitrogens with one attached hydrogen (secondary N) is 7. The zero-order valence-electron chi connectivity index (χ0n) is 48.6. The largest absolute Gasteiger partial charge is 0.394 e. The van der Waals surface area contributed by atoms with Crippen LogP contribution in [0.5, 0.6) is 0 Å². The first kappa shape index (κ1) is 62.0. The molecule has 30 heteroatoms. The maximum absolute atomic E-state index is 15.4. The average molecular weight is 1250 g/mol. The van der Waals surface area contributed by atoms with Crippen LogP contribution >= 0.6 is 0 Å². The molecule has 26 nitrogen and oxygen atoms in total. The summed E-state index contributed by atoms with van der Waals surface area (Å²) in [6, 6.07) is 11.7. The van der Waals surface area contributed by atoms with Gasteiger partial charge in [-0.3, -0.25) is 48.3 Å². The fourth-order valence-corrected chi connectivity index (χ4v) is 12.0. The van der Waals surface area contributed by atoms with Gasteiger partial charge in [-0.05, 0) is 98.4 Å². The molecule has 0 radical (unpaired) electrons. The van der Waals surface area contributed by atoms with Gasteiger partial charge in [0.1, 0.15) is 23.8 Å². The Morgan fingerprint density at radius 3 is 1.91 bits per heavy atom. The molecule has 8 bridgehead atoms. The molecule has 0 saturated carbocycles. The number of aryl methyl sites for hydroxylation is 2. The molecule has 3 amide bonds. The normalized spacial score (nSPS) is 21.8. The Morgan fingerprint density at radius 2 is 1.33 bits per heavy atom. The van der Waals surface area contributed by atoms with Crippen molar-refractivity contribution in [2.45, 2.75) is 121 Å². The minimum absolute atomic E-state index is 0.0204. The Morgan fingerprint density at radius 1 is 0.744 bits per heavy atom. The van der Waals surface area contributed by atoms with Gasteiger partial charge in [0.05, 0.1) is 64.3 Å². The quantitative estimate of drug-likeness (QED) is 0.0597. The number of amides is 3. The van der Waals surface area contributed by atoms with Crippen LogP contribution in [0.1, 0.15) is 120 Å². The van der Waals surface area contributed by atoms with Crippen molar-refractivity contribution in [2.75, 3.05) is 29.2 Å². The first-order chi connectivity index (χ1) is 42.8. The van der Waals surface area contributed by atoms with E-state index in [0.29, 0.717) is 49.2 Å². The van der Waals surface area contributed by atoms with Crippen LogP contribution in [0.25, 0.3) is 50.1 Å². The molecule has 2 fully saturated rings. The average Bonchev–Trinajstić information content (AvgIpc) is 1.62. The molecule has 8 atom stereocenters. The number of aliphatic hydroxyl groups excluding tert-OH is 4. The minimum atomic E-state index is -4.07. The molecule has 6 aromatic heterocycles. The van der Waals surface area contributed by atoms with E-state index in [0.717, 1.165) is 46.8 Å². The van der Waals surface area contributed by atoms with Crippen LogP contribution in [0.15, 0.2) is 86.7 Å². The molecule has 1 aromatic carbocycles. The number of nitrogens with zero attached hydrogens (tertiary/aromatic N) is 6. The molecular formula is C60H59F4N13O13. The van der Waals surface area contributed by atoms with Gasteiger partial charge in [-0.2, -0.15) is 27.5 Å². The summed E-state index contributed by atoms with van der Waals surface area (Å²) in [5.41, 5.74) is 2.46. The molecule has 11 rings (SSSR count). The van der Waals surface area contributed by atoms with E-state index in [1.165, 1.54) is 18.2 Å². The standard InChI is InChI=1S/C60H59F4N13O13/c1-7-28-24(3)34-19-36-26(5)30(12-13-44(80)70-42-14-16-76(57(87)72-42)55-59(61,62)50(82)40(22-78)89-55)48(67-36)32(18-45(81)71-43-15-17-77(58(88)73-43)56-60(63,64)51(83)41(23-79)90-56)49-46(53(85)69-33-11-9-10-31-47(33)54(86)75-74-52(31)84)27(6)37(68-49)21-39-29(8-2)25(4)35(66-39)20-38(28)65-34/h7,9-11,14-17,19-21,26,30,40-41,50-51,55-56,65,68,78-79,82-83H,1,8,12-13,18,22-23H2,2-6H3,(H,69,85)(H,74,84)(H,75,86)(H,70,72,80,87)(H,71,73,81,88)/t26-,30-,40?,41?,50?,51?,55?,56?/m0/s1. The third-order valence-electron chi connectivity index (χ3n) is 16.9. The predicted molar refractivity (Wildman–Crippen MR) is 319 cm³/mol. The Balaban J connectivity index is 1.09. The van der Waals surface area contributed by atoms with Crippen LogP contribution in [0, 0.1) is 13.8 Å². The highest BCUT2D eigenvalue weighted by molar-refractivity contribution is 6.15. The van der Waals surface area contributed by atoms with E-state index in [-0.39, 0.29) is 63.0 Å². The highest BCUT2D eigenvalue weighted by Gasteiger charge is 2.60. The second-order valence-corrected chi connectivity index (χ2v) is 22.2. The number of ether oxygens (including phenoxy) is 2. The van der Waals surface area contributed by atoms with E-state index >= 15 is 22.4 Å². The summed E-state index contributed by atoms with van der Waals surface area (Å²) in [6.45, 7) is 11.3. The maximum atomic E-state index is 15.4. The number of hydrogen-bond donors (Lipinski definition) is 11. The highest BCUT2D eigenvalue weighted by atomic mass is 19.3. The van der Waals surface area contributed by atoms with Gasteiger partial charge in [-0.15, -0.1) is 0 Å². The fraction of sp³-hybridized carbons (Fsp3) is 0.350. The van der Waals surface area contributed by atoms with Crippen LogP contribution in [0.2, 0.25) is 0 Å². The number of rotatable bonds is 15. The Hall–Kier alpha value is -9.59. The third kappa shape index (κ3) is 10.8. The zero-order chi connectivity index (χ0) is 64.6. The second kappa shape index (κ2) is 23.7. The van der Waals surface area contributed by atoms with Gasteiger partial charge in [0.2, 0.25) is 24.3 Å². The summed E-state index contributed by atoms with van der Waals surface area (Å²) in [7, 11) is 0. The number of alkyl halides is 4. The molecule has 10 heterocycles. The molecule has 470 valence electrons. The van der Waals surface area contributed by atoms with E-state index < -0.39 is 126 Å². The van der Waals surface area contributed by atoms with Crippen LogP contribution in [0.4, 0.5) is 34.9 Å². The number of anilines is 3. The van der Waals surface area contributed by atoms with Crippen molar-refractivity contribution in [1.82, 2.24) is 49.2 Å². The number of aromatic nitrogens is 10. The molecule has 7 aromatic rings. The first-order valence-corrected chi connectivity index (χ1v) is 28.4. The number of carbonyl (C=O) groups excluding carboxylic acids is 3. The predicted octanol–water partition coefficient (Wildman–Crippen LogP) is 5.07. The summed E-state index contributed by atoms with van der Waals surface area (Å²) in [4.78, 5) is 122. The molecular weight excluding hydrogens is 1190 g/mol. The number of halogens is 4. The first-order valence-electron chi connectivity index (χ1n) is 28.4. The highest BCUT2D eigenvalue weighted by Crippen LogP contribution is 2.46. The number of allylic oxidation sites excluding steroid dienone is 2. The van der Waals surface area contributed by atoms with E-state index in [1.54, 1.807) is 25.1 Å². The summed E-state index contributed by atoms with van der Waals surface area (Å²) in [5, 5.41) is 51.5. The molecule has 4 aliphatic rings. The molecule has 2 saturated heterocycles. The number of H-pyrrole nitrogens is 4. The lowest BCUT2D eigenvalue weighted by Crippen LogP contribution is -2.41. The van der Waals surface area contributed by atoms with Crippen LogP contribution in [-0.2, 0) is 25.5 Å². The number of carbonyl (C=O) groups is 3. The Kier molecular flexibility index (Phi) is 16.4. The van der Waals surface area contributed by atoms with Gasteiger partial charge < -0.3 is 55.8 Å². The van der Waals surface area contributed by atoms with E-state index in [4.69, 9.17) is 19.4 Å². The van der Waals surface area contributed by atoms with E-state index in [9.17, 15) is 49.2 Å². The van der Waals surface area contributed by atoms with Crippen LogP contribution in [0.3, 0.4) is 0 Å². The number of aliphatic hydroxyl groups is 4. The molecule has 90 heavy (non-hydrogen) atoms. The van der Waals surface area contributed by atoms with Crippen LogP contribution in [-0.4, -0.2) is 137 Å². The van der Waals surface area contributed by atoms with Crippen molar-refractivity contribution in [2.24, 2.45) is 0 Å². The summed E-state index contributed by atoms with van der Waals surface area (Å²) in [6.07, 6.45) is -10.4. The van der Waals surface area contributed by atoms with Gasteiger partial charge in [0.25, 0.3) is 17.0 Å². The summed E-state index contributed by atoms with van der Waals surface area (Å²) < 4.78 is 71.7. The van der Waals surface area contributed by atoms with Gasteiger partial charge in [0.15, 0.2) is 12.2 Å². The number of benzene rings is 1. The van der Waals surface area contributed by atoms with Crippen molar-refractivity contribution in [3.8, 4) is 0 Å². The lowest BCUT2D eigenvalue weighted by atomic mass is 9.84. The number of fused-ring (bicyclic) bond motifs is 9. The third-order valence-corrected chi connectivity index (χ3v) is 16.9. The molecule has 0 aliphatic carbocycles. The van der Waals surface area contributed by atoms with Gasteiger partial charge in [-0.1, -0.05) is 32.6 Å². The maximum Gasteiger partial charge on any atom is 0.351 e. The van der Waals surface area contributed by atoms with Crippen molar-refractivity contribution in [3.63, 3.8) is 0 Å². The number of hydrogen-bond acceptors (Lipinski definition) is 17. The minimum Gasteiger partial charge on any atom is -0.394 e. The Bertz CT molecular complexity index is 4610. The van der Waals surface area contributed by atoms with Crippen molar-refractivity contribution < 1.29 is 61.8 Å². The topological polar surface area (TPSA) is 380 Å². The van der Waals surface area contributed by atoms with Gasteiger partial charge >= 0.3 is 23.2 Å². The smallest absolute Gasteiger partial charge is 0.351 e. The molecule has 4 aliphatic heterocycles. The lowest BCUT2D eigenvalue weighted by Gasteiger charge is -2.21. The monoisotopic (exact) mass is 1250 g/mol. The lowest BCUT2D eigenvalue weighted by molar-refractivity contribution is -0.141. The zero-order valence-corrected chi connectivity index (χ0v) is 48.6. The van der Waals surface area contributed by atoms with Crippen molar-refractivity contribution in [1.29, 1.82) is 0 Å². The van der Waals surface area contributed by atoms with Crippen molar-refractivity contribution >= 4 is 85.1 Å². The molecule has 0 spiro atoms. The van der Waals surface area contributed by atoms with E-state index in [1.807, 2.05) is 33.8 Å². The fourth-order valence-electron chi connectivity index (χ4n) is 12.0. The second-order valence-electron chi connectivity index (χ2n) is 22.2. The van der Waals surface area contributed by atoms with Gasteiger partial charge in [0, 0.05) is 64.0 Å². The van der Waals surface area contributed by atoms with Crippen molar-refractivity contribution in [3.05, 3.63) is 160 Å². The van der Waals surface area contributed by atoms with Crippen LogP contribution < -0.4 is 38.4 Å². The Labute approximate surface area is 504 Å². The van der Waals surface area contributed by atoms with Gasteiger partial charge in [-0.25, -0.2) is 14.6 Å². The molecule has 11 N–H and O–H groups in total. The molecule has 6 unspecified atom stereocenters.